The van der Waals surface area contributed by atoms with E-state index in [-0.39, 0.29) is 11.6 Å². The molecule has 8 nitrogen and oxygen atoms in total. The Bertz CT molecular complexity index is 915. The molecule has 0 aliphatic rings. The van der Waals surface area contributed by atoms with Crippen molar-refractivity contribution in [2.24, 2.45) is 0 Å². The van der Waals surface area contributed by atoms with Crippen molar-refractivity contribution < 1.29 is 23.4 Å². The summed E-state index contributed by atoms with van der Waals surface area (Å²) >= 11 is 4.82. The van der Waals surface area contributed by atoms with Gasteiger partial charge in [0.1, 0.15) is 0 Å². The highest BCUT2D eigenvalue weighted by atomic mass is 79.9. The molecule has 0 saturated heterocycles. The second kappa shape index (κ2) is 7.75. The Morgan fingerprint density at radius 1 is 1.12 bits per heavy atom. The number of halogens is 1. The maximum absolute atomic E-state index is 12.5. The SMILES string of the molecule is COc1cc(C(=O)Nc2nnc(-c3ccc(Br)s3)o2)cc(OC)c1OC. The molecule has 0 fully saturated rings. The number of nitrogens with zero attached hydrogens (tertiary/aromatic N) is 2. The molecule has 0 atom stereocenters. The summed E-state index contributed by atoms with van der Waals surface area (Å²) < 4.78 is 22.1. The zero-order valence-corrected chi connectivity index (χ0v) is 16.4. The molecule has 0 bridgehead atoms. The van der Waals surface area contributed by atoms with Gasteiger partial charge in [-0.25, -0.2) is 0 Å². The summed E-state index contributed by atoms with van der Waals surface area (Å²) in [7, 11) is 4.44. The summed E-state index contributed by atoms with van der Waals surface area (Å²) in [6, 6.07) is 6.77. The fourth-order valence-corrected chi connectivity index (χ4v) is 3.49. The monoisotopic (exact) mass is 439 g/mol. The Morgan fingerprint density at radius 2 is 1.81 bits per heavy atom. The van der Waals surface area contributed by atoms with Crippen LogP contribution in [0.4, 0.5) is 6.01 Å². The van der Waals surface area contributed by atoms with E-state index in [0.717, 1.165) is 8.66 Å². The number of aromatic nitrogens is 2. The van der Waals surface area contributed by atoms with Gasteiger partial charge in [-0.05, 0) is 40.2 Å². The van der Waals surface area contributed by atoms with E-state index in [2.05, 4.69) is 31.4 Å². The lowest BCUT2D eigenvalue weighted by atomic mass is 10.1. The van der Waals surface area contributed by atoms with Crippen LogP contribution in [0, 0.1) is 0 Å². The largest absolute Gasteiger partial charge is 0.493 e. The molecule has 1 amide bonds. The van der Waals surface area contributed by atoms with Crippen molar-refractivity contribution in [2.45, 2.75) is 0 Å². The maximum atomic E-state index is 12.5. The van der Waals surface area contributed by atoms with E-state index in [1.54, 1.807) is 0 Å². The van der Waals surface area contributed by atoms with Gasteiger partial charge in [0.25, 0.3) is 11.8 Å². The lowest BCUT2D eigenvalue weighted by Crippen LogP contribution is -2.13. The number of methoxy groups -OCH3 is 3. The number of hydrogen-bond acceptors (Lipinski definition) is 8. The quantitative estimate of drug-likeness (QED) is 0.622. The minimum absolute atomic E-state index is 0.0109. The molecule has 3 rings (SSSR count). The summed E-state index contributed by atoms with van der Waals surface area (Å²) in [4.78, 5) is 13.3. The van der Waals surface area contributed by atoms with E-state index in [0.29, 0.717) is 23.1 Å². The van der Waals surface area contributed by atoms with E-state index in [9.17, 15) is 4.79 Å². The first kappa shape index (κ1) is 18.2. The first-order valence-corrected chi connectivity index (χ1v) is 8.87. The molecular weight excluding hydrogens is 426 g/mol. The van der Waals surface area contributed by atoms with Crippen molar-refractivity contribution in [1.82, 2.24) is 10.2 Å². The third-order valence-electron chi connectivity index (χ3n) is 3.36. The number of carbonyl (C=O) groups excluding carboxylic acids is 1. The molecule has 0 unspecified atom stereocenters. The van der Waals surface area contributed by atoms with Crippen LogP contribution >= 0.6 is 27.3 Å². The van der Waals surface area contributed by atoms with Gasteiger partial charge in [0, 0.05) is 5.56 Å². The molecule has 0 spiro atoms. The lowest BCUT2D eigenvalue weighted by Gasteiger charge is -2.13. The van der Waals surface area contributed by atoms with Crippen LogP contribution < -0.4 is 19.5 Å². The summed E-state index contributed by atoms with van der Waals surface area (Å²) in [6.07, 6.45) is 0. The van der Waals surface area contributed by atoms with Crippen LogP contribution in [0.3, 0.4) is 0 Å². The Hall–Kier alpha value is -2.59. The molecule has 1 aromatic carbocycles. The molecule has 2 heterocycles. The zero-order valence-electron chi connectivity index (χ0n) is 14.0. The number of rotatable bonds is 6. The minimum Gasteiger partial charge on any atom is -0.493 e. The zero-order chi connectivity index (χ0) is 18.7. The standard InChI is InChI=1S/C16H14BrN3O5S/c1-22-9-6-8(7-10(23-2)13(9)24-3)14(21)18-16-20-19-15(25-16)11-4-5-12(17)26-11/h4-7H,1-3H3,(H,18,20,21). The van der Waals surface area contributed by atoms with Crippen LogP contribution in [-0.4, -0.2) is 37.4 Å². The smallest absolute Gasteiger partial charge is 0.322 e. The van der Waals surface area contributed by atoms with Gasteiger partial charge in [-0.1, -0.05) is 5.10 Å². The molecule has 3 aromatic rings. The van der Waals surface area contributed by atoms with Crippen molar-refractivity contribution in [3.8, 4) is 28.0 Å². The van der Waals surface area contributed by atoms with Gasteiger partial charge < -0.3 is 18.6 Å². The Labute approximate surface area is 161 Å². The van der Waals surface area contributed by atoms with Gasteiger partial charge in [-0.2, -0.15) is 0 Å². The van der Waals surface area contributed by atoms with Crippen LogP contribution in [0.1, 0.15) is 10.4 Å². The van der Waals surface area contributed by atoms with Crippen molar-refractivity contribution in [3.63, 3.8) is 0 Å². The topological polar surface area (TPSA) is 95.7 Å². The predicted molar refractivity (Wildman–Crippen MR) is 99.4 cm³/mol. The molecule has 1 N–H and O–H groups in total. The van der Waals surface area contributed by atoms with Gasteiger partial charge in [0.2, 0.25) is 5.75 Å². The van der Waals surface area contributed by atoms with Crippen LogP contribution in [-0.2, 0) is 0 Å². The number of ether oxygens (including phenoxy) is 3. The molecule has 0 aliphatic heterocycles. The van der Waals surface area contributed by atoms with Gasteiger partial charge in [0.05, 0.1) is 30.0 Å². The molecule has 0 radical (unpaired) electrons. The maximum Gasteiger partial charge on any atom is 0.322 e. The van der Waals surface area contributed by atoms with Gasteiger partial charge in [-0.3, -0.25) is 10.1 Å². The van der Waals surface area contributed by atoms with Crippen molar-refractivity contribution in [1.29, 1.82) is 0 Å². The summed E-state index contributed by atoms with van der Waals surface area (Å²) in [6.45, 7) is 0. The van der Waals surface area contributed by atoms with Gasteiger partial charge in [-0.15, -0.1) is 16.4 Å². The number of amides is 1. The number of hydrogen-bond donors (Lipinski definition) is 1. The van der Waals surface area contributed by atoms with E-state index >= 15 is 0 Å². The van der Waals surface area contributed by atoms with Crippen LogP contribution in [0.25, 0.3) is 10.8 Å². The fraction of sp³-hybridized carbons (Fsp3) is 0.188. The predicted octanol–water partition coefficient (Wildman–Crippen LogP) is 3.84. The van der Waals surface area contributed by atoms with E-state index < -0.39 is 5.91 Å². The van der Waals surface area contributed by atoms with Crippen LogP contribution in [0.2, 0.25) is 0 Å². The number of anilines is 1. The average Bonchev–Trinajstić information content (AvgIpc) is 3.29. The molecule has 136 valence electrons. The molecule has 10 heteroatoms. The summed E-state index contributed by atoms with van der Waals surface area (Å²) in [5.74, 6) is 1.00. The molecule has 26 heavy (non-hydrogen) atoms. The Balaban J connectivity index is 1.83. The molecule has 0 aliphatic carbocycles. The second-order valence-electron chi connectivity index (χ2n) is 4.88. The first-order valence-electron chi connectivity index (χ1n) is 7.26. The highest BCUT2D eigenvalue weighted by molar-refractivity contribution is 9.11. The normalized spacial score (nSPS) is 10.5. The van der Waals surface area contributed by atoms with Crippen LogP contribution in [0.15, 0.2) is 32.5 Å². The van der Waals surface area contributed by atoms with E-state index in [4.69, 9.17) is 18.6 Å². The Morgan fingerprint density at radius 3 is 2.35 bits per heavy atom. The van der Waals surface area contributed by atoms with Crippen molar-refractivity contribution >= 4 is 39.2 Å². The average molecular weight is 440 g/mol. The van der Waals surface area contributed by atoms with Crippen LogP contribution in [0.5, 0.6) is 17.2 Å². The Kier molecular flexibility index (Phi) is 5.43. The van der Waals surface area contributed by atoms with E-state index in [1.165, 1.54) is 44.8 Å². The highest BCUT2D eigenvalue weighted by Gasteiger charge is 2.19. The third-order valence-corrected chi connectivity index (χ3v) is 4.97. The first-order chi connectivity index (χ1) is 12.5. The third kappa shape index (κ3) is 3.65. The van der Waals surface area contributed by atoms with E-state index in [1.807, 2.05) is 12.1 Å². The molecule has 2 aromatic heterocycles. The molecular formula is C16H14BrN3O5S. The highest BCUT2D eigenvalue weighted by Crippen LogP contribution is 2.38. The lowest BCUT2D eigenvalue weighted by molar-refractivity contribution is 0.102. The fourth-order valence-electron chi connectivity index (χ4n) is 2.18. The number of nitrogens with one attached hydrogen (secondary N) is 1. The van der Waals surface area contributed by atoms with Gasteiger partial charge >= 0.3 is 6.01 Å². The number of carbonyl (C=O) groups is 1. The number of benzene rings is 1. The minimum atomic E-state index is -0.452. The summed E-state index contributed by atoms with van der Waals surface area (Å²) in [5, 5.41) is 10.3. The molecule has 0 saturated carbocycles. The summed E-state index contributed by atoms with van der Waals surface area (Å²) in [5.41, 5.74) is 0.290. The van der Waals surface area contributed by atoms with Crippen molar-refractivity contribution in [2.75, 3.05) is 26.6 Å². The van der Waals surface area contributed by atoms with Crippen molar-refractivity contribution in [3.05, 3.63) is 33.6 Å². The second-order valence-corrected chi connectivity index (χ2v) is 7.35. The number of thiophene rings is 1. The van der Waals surface area contributed by atoms with Gasteiger partial charge in [0.15, 0.2) is 11.5 Å².